The molecule has 0 aromatic heterocycles. The van der Waals surface area contributed by atoms with Crippen LogP contribution in [0, 0.1) is 34.5 Å². The third-order valence-corrected chi connectivity index (χ3v) is 8.57. The highest BCUT2D eigenvalue weighted by Gasteiger charge is 2.59. The fourth-order valence-electron chi connectivity index (χ4n) is 7.31. The van der Waals surface area contributed by atoms with Crippen LogP contribution in [0.1, 0.15) is 72.1 Å². The molecule has 2 nitrogen and oxygen atoms in total. The van der Waals surface area contributed by atoms with E-state index in [9.17, 15) is 9.90 Å². The average molecular weight is 316 g/mol. The molecule has 4 rings (SSSR count). The summed E-state index contributed by atoms with van der Waals surface area (Å²) < 4.78 is 0. The number of rotatable bonds is 1. The lowest BCUT2D eigenvalue weighted by Crippen LogP contribution is -2.50. The van der Waals surface area contributed by atoms with Crippen LogP contribution in [0.3, 0.4) is 0 Å². The molecule has 0 radical (unpaired) electrons. The molecular formula is C21H32O2. The molecular weight excluding hydrogens is 284 g/mol. The number of aliphatic hydroxyl groups is 1. The fraction of sp³-hybridized carbons (Fsp3) is 0.857. The van der Waals surface area contributed by atoms with Gasteiger partial charge in [0.15, 0.2) is 0 Å². The van der Waals surface area contributed by atoms with Crippen LogP contribution in [0.4, 0.5) is 0 Å². The predicted molar refractivity (Wildman–Crippen MR) is 91.9 cm³/mol. The number of fused-ring (bicyclic) bond motifs is 5. The normalized spacial score (nSPS) is 52.2. The van der Waals surface area contributed by atoms with Gasteiger partial charge in [0.05, 0.1) is 6.10 Å². The lowest BCUT2D eigenvalue weighted by molar-refractivity contribution is -0.127. The van der Waals surface area contributed by atoms with Crippen molar-refractivity contribution < 1.29 is 9.90 Å². The van der Waals surface area contributed by atoms with E-state index in [1.54, 1.807) is 5.57 Å². The summed E-state index contributed by atoms with van der Waals surface area (Å²) in [5.41, 5.74) is 2.11. The summed E-state index contributed by atoms with van der Waals surface area (Å²) in [6, 6.07) is 0. The van der Waals surface area contributed by atoms with E-state index in [2.05, 4.69) is 19.9 Å². The lowest BCUT2D eigenvalue weighted by atomic mass is 9.47. The minimum Gasteiger partial charge on any atom is -0.393 e. The average Bonchev–Trinajstić information content (AvgIpc) is 2.85. The molecule has 4 aliphatic rings. The maximum Gasteiger partial charge on any atom is 0.133 e. The SMILES string of the molecule is CC(=O)C1CCC2C3CC=C4C[C@@H](O)CCC4(C)C3CCC12C. The lowest BCUT2D eigenvalue weighted by Gasteiger charge is -2.57. The Hall–Kier alpha value is -0.630. The first-order chi connectivity index (χ1) is 10.9. The van der Waals surface area contributed by atoms with Gasteiger partial charge >= 0.3 is 0 Å². The molecule has 6 unspecified atom stereocenters. The highest BCUT2D eigenvalue weighted by atomic mass is 16.3. The van der Waals surface area contributed by atoms with E-state index in [0.29, 0.717) is 17.1 Å². The number of hydrogen-bond acceptors (Lipinski definition) is 2. The minimum absolute atomic E-state index is 0.117. The standard InChI is InChI=1S/C21H32O2/c1-13(22)17-6-7-18-16-5-4-14-12-15(23)8-10-20(14,2)19(16)9-11-21(17,18)3/h4,15-19,23H,5-12H2,1-3H3/t15-,16?,17?,18?,19?,20?,21?/m0/s1. The Morgan fingerprint density at radius 2 is 1.91 bits per heavy atom. The number of carbonyl (C=O) groups is 1. The van der Waals surface area contributed by atoms with Crippen molar-refractivity contribution in [3.8, 4) is 0 Å². The monoisotopic (exact) mass is 316 g/mol. The van der Waals surface area contributed by atoms with Gasteiger partial charge in [0.25, 0.3) is 0 Å². The number of carbonyl (C=O) groups excluding carboxylic acids is 1. The van der Waals surface area contributed by atoms with Crippen molar-refractivity contribution in [2.75, 3.05) is 0 Å². The summed E-state index contributed by atoms with van der Waals surface area (Å²) in [7, 11) is 0. The third kappa shape index (κ3) is 2.13. The molecule has 1 N–H and O–H groups in total. The Morgan fingerprint density at radius 1 is 1.13 bits per heavy atom. The molecule has 0 saturated heterocycles. The van der Waals surface area contributed by atoms with Crippen LogP contribution < -0.4 is 0 Å². The molecule has 3 fully saturated rings. The summed E-state index contributed by atoms with van der Waals surface area (Å²) >= 11 is 0. The zero-order valence-electron chi connectivity index (χ0n) is 15.0. The molecule has 3 saturated carbocycles. The molecule has 7 atom stereocenters. The van der Waals surface area contributed by atoms with E-state index in [4.69, 9.17) is 0 Å². The van der Waals surface area contributed by atoms with E-state index in [-0.39, 0.29) is 11.5 Å². The van der Waals surface area contributed by atoms with Crippen LogP contribution in [-0.4, -0.2) is 17.0 Å². The van der Waals surface area contributed by atoms with Crippen LogP contribution in [0.15, 0.2) is 11.6 Å². The van der Waals surface area contributed by atoms with Gasteiger partial charge in [-0.25, -0.2) is 0 Å². The number of allylic oxidation sites excluding steroid dienone is 1. The van der Waals surface area contributed by atoms with Gasteiger partial charge < -0.3 is 5.11 Å². The van der Waals surface area contributed by atoms with Crippen molar-refractivity contribution in [2.45, 2.75) is 78.2 Å². The van der Waals surface area contributed by atoms with E-state index in [1.165, 1.54) is 25.7 Å². The zero-order valence-corrected chi connectivity index (χ0v) is 15.0. The third-order valence-electron chi connectivity index (χ3n) is 8.57. The van der Waals surface area contributed by atoms with Crippen molar-refractivity contribution in [2.24, 2.45) is 34.5 Å². The maximum atomic E-state index is 12.2. The Bertz CT molecular complexity index is 550. The van der Waals surface area contributed by atoms with Crippen LogP contribution in [-0.2, 0) is 4.79 Å². The maximum absolute atomic E-state index is 12.2. The van der Waals surface area contributed by atoms with Crippen molar-refractivity contribution in [1.82, 2.24) is 0 Å². The van der Waals surface area contributed by atoms with E-state index in [0.717, 1.165) is 43.4 Å². The largest absolute Gasteiger partial charge is 0.393 e. The molecule has 23 heavy (non-hydrogen) atoms. The van der Waals surface area contributed by atoms with Crippen molar-refractivity contribution >= 4 is 5.78 Å². The van der Waals surface area contributed by atoms with Gasteiger partial charge in [-0.15, -0.1) is 0 Å². The number of aliphatic hydroxyl groups excluding tert-OH is 1. The second kappa shape index (κ2) is 5.18. The molecule has 0 heterocycles. The summed E-state index contributed by atoms with van der Waals surface area (Å²) in [5, 5.41) is 10.1. The first kappa shape index (κ1) is 15.9. The Kier molecular flexibility index (Phi) is 3.58. The van der Waals surface area contributed by atoms with Gasteiger partial charge in [-0.3, -0.25) is 4.79 Å². The van der Waals surface area contributed by atoms with Crippen LogP contribution in [0.25, 0.3) is 0 Å². The minimum atomic E-state index is -0.117. The second-order valence-electron chi connectivity index (χ2n) is 9.44. The summed E-state index contributed by atoms with van der Waals surface area (Å²) in [6.07, 6.45) is 11.5. The molecule has 4 aliphatic carbocycles. The van der Waals surface area contributed by atoms with Crippen molar-refractivity contribution in [1.29, 1.82) is 0 Å². The first-order valence-electron chi connectivity index (χ1n) is 9.74. The summed E-state index contributed by atoms with van der Waals surface area (Å²) in [6.45, 7) is 6.70. The second-order valence-corrected chi connectivity index (χ2v) is 9.44. The van der Waals surface area contributed by atoms with Gasteiger partial charge in [-0.1, -0.05) is 25.5 Å². The van der Waals surface area contributed by atoms with Crippen LogP contribution in [0.2, 0.25) is 0 Å². The molecule has 0 aliphatic heterocycles. The Balaban J connectivity index is 1.66. The highest BCUT2D eigenvalue weighted by molar-refractivity contribution is 5.79. The quantitative estimate of drug-likeness (QED) is 0.722. The molecule has 0 bridgehead atoms. The van der Waals surface area contributed by atoms with Crippen molar-refractivity contribution in [3.05, 3.63) is 11.6 Å². The van der Waals surface area contributed by atoms with Crippen LogP contribution in [0.5, 0.6) is 0 Å². The summed E-state index contributed by atoms with van der Waals surface area (Å²) in [5.74, 6) is 3.00. The Morgan fingerprint density at radius 3 is 2.65 bits per heavy atom. The first-order valence-corrected chi connectivity index (χ1v) is 9.74. The van der Waals surface area contributed by atoms with Crippen molar-refractivity contribution in [3.63, 3.8) is 0 Å². The number of Topliss-reactive ketones (excluding diaryl/α,β-unsaturated/α-hetero) is 1. The Labute approximate surface area is 140 Å². The fourth-order valence-corrected chi connectivity index (χ4v) is 7.31. The number of ketones is 1. The van der Waals surface area contributed by atoms with Gasteiger partial charge in [-0.05, 0) is 86.9 Å². The van der Waals surface area contributed by atoms with Gasteiger partial charge in [0.1, 0.15) is 5.78 Å². The molecule has 0 amide bonds. The smallest absolute Gasteiger partial charge is 0.133 e. The van der Waals surface area contributed by atoms with E-state index in [1.807, 2.05) is 6.92 Å². The summed E-state index contributed by atoms with van der Waals surface area (Å²) in [4.78, 5) is 12.2. The molecule has 128 valence electrons. The van der Waals surface area contributed by atoms with Gasteiger partial charge in [-0.2, -0.15) is 0 Å². The molecule has 0 aromatic rings. The molecule has 2 heteroatoms. The van der Waals surface area contributed by atoms with E-state index >= 15 is 0 Å². The topological polar surface area (TPSA) is 37.3 Å². The molecule has 0 spiro atoms. The zero-order chi connectivity index (χ0) is 16.4. The highest BCUT2D eigenvalue weighted by Crippen LogP contribution is 2.66. The van der Waals surface area contributed by atoms with Gasteiger partial charge in [0.2, 0.25) is 0 Å². The van der Waals surface area contributed by atoms with Crippen LogP contribution >= 0.6 is 0 Å². The van der Waals surface area contributed by atoms with E-state index < -0.39 is 0 Å². The number of hydrogen-bond donors (Lipinski definition) is 1. The predicted octanol–water partition coefficient (Wildman–Crippen LogP) is 4.52. The molecule has 0 aromatic carbocycles. The van der Waals surface area contributed by atoms with Gasteiger partial charge in [0, 0.05) is 5.92 Å².